The average Bonchev–Trinajstić information content (AvgIpc) is 2.80. The lowest BCUT2D eigenvalue weighted by molar-refractivity contribution is -0.134. The van der Waals surface area contributed by atoms with Crippen LogP contribution in [0, 0.1) is 5.92 Å². The van der Waals surface area contributed by atoms with Gasteiger partial charge >= 0.3 is 0 Å². The Morgan fingerprint density at radius 1 is 1.53 bits per heavy atom. The molecule has 1 fully saturated rings. The number of nitrogens with one attached hydrogen (secondary N) is 1. The number of nitrogens with zero attached hydrogens (tertiary/aromatic N) is 1. The number of rotatable bonds is 7. The molecule has 1 heterocycles. The van der Waals surface area contributed by atoms with Gasteiger partial charge in [-0.2, -0.15) is 11.8 Å². The molecule has 1 saturated heterocycles. The van der Waals surface area contributed by atoms with E-state index < -0.39 is 0 Å². The molecule has 1 rings (SSSR count). The SMILES string of the molecule is CCCNC1COCC1C(=O)N(C)CCSC. The Hall–Kier alpha value is -0.260. The van der Waals surface area contributed by atoms with Gasteiger partial charge in [0.2, 0.25) is 5.91 Å². The molecule has 0 aromatic heterocycles. The number of carbonyl (C=O) groups is 1. The maximum absolute atomic E-state index is 12.2. The summed E-state index contributed by atoms with van der Waals surface area (Å²) in [5.74, 6) is 1.20. The molecule has 0 radical (unpaired) electrons. The van der Waals surface area contributed by atoms with E-state index >= 15 is 0 Å². The fraction of sp³-hybridized carbons (Fsp3) is 0.917. The summed E-state index contributed by atoms with van der Waals surface area (Å²) in [7, 11) is 1.88. The summed E-state index contributed by atoms with van der Waals surface area (Å²) in [6, 6.07) is 0.194. The number of carbonyl (C=O) groups excluding carboxylic acids is 1. The van der Waals surface area contributed by atoms with E-state index in [1.807, 2.05) is 11.9 Å². The molecule has 0 aromatic carbocycles. The molecule has 0 aliphatic carbocycles. The quantitative estimate of drug-likeness (QED) is 0.736. The summed E-state index contributed by atoms with van der Waals surface area (Å²) >= 11 is 1.76. The minimum atomic E-state index is -0.00611. The van der Waals surface area contributed by atoms with Crippen LogP contribution in [0.2, 0.25) is 0 Å². The monoisotopic (exact) mass is 260 g/mol. The lowest BCUT2D eigenvalue weighted by Gasteiger charge is -2.24. The van der Waals surface area contributed by atoms with E-state index in [1.165, 1.54) is 0 Å². The van der Waals surface area contributed by atoms with Crippen molar-refractivity contribution < 1.29 is 9.53 Å². The van der Waals surface area contributed by atoms with Crippen LogP contribution in [0.4, 0.5) is 0 Å². The number of hydrogen-bond donors (Lipinski definition) is 1. The Labute approximate surface area is 108 Å². The average molecular weight is 260 g/mol. The van der Waals surface area contributed by atoms with Gasteiger partial charge in [0.25, 0.3) is 0 Å². The van der Waals surface area contributed by atoms with Crippen molar-refractivity contribution in [2.24, 2.45) is 5.92 Å². The highest BCUT2D eigenvalue weighted by Crippen LogP contribution is 2.16. The zero-order chi connectivity index (χ0) is 12.7. The second-order valence-electron chi connectivity index (χ2n) is 4.46. The van der Waals surface area contributed by atoms with Crippen molar-refractivity contribution in [2.75, 3.05) is 45.4 Å². The zero-order valence-corrected chi connectivity index (χ0v) is 11.9. The van der Waals surface area contributed by atoms with Crippen LogP contribution >= 0.6 is 11.8 Å². The molecule has 1 amide bonds. The van der Waals surface area contributed by atoms with Crippen LogP contribution in [-0.2, 0) is 9.53 Å². The van der Waals surface area contributed by atoms with Gasteiger partial charge in [-0.25, -0.2) is 0 Å². The summed E-state index contributed by atoms with van der Waals surface area (Å²) in [5.41, 5.74) is 0. The summed E-state index contributed by atoms with van der Waals surface area (Å²) in [4.78, 5) is 14.1. The summed E-state index contributed by atoms with van der Waals surface area (Å²) < 4.78 is 5.43. The van der Waals surface area contributed by atoms with Gasteiger partial charge in [0.1, 0.15) is 0 Å². The summed E-state index contributed by atoms with van der Waals surface area (Å²) in [6.45, 7) is 5.12. The summed E-state index contributed by atoms with van der Waals surface area (Å²) in [5, 5.41) is 3.40. The van der Waals surface area contributed by atoms with Gasteiger partial charge in [0.05, 0.1) is 19.1 Å². The number of thioether (sulfide) groups is 1. The maximum atomic E-state index is 12.2. The van der Waals surface area contributed by atoms with E-state index in [0.717, 1.165) is 25.3 Å². The van der Waals surface area contributed by atoms with Gasteiger partial charge in [0.15, 0.2) is 0 Å². The molecule has 5 heteroatoms. The van der Waals surface area contributed by atoms with E-state index in [0.29, 0.717) is 13.2 Å². The van der Waals surface area contributed by atoms with Crippen LogP contribution in [0.3, 0.4) is 0 Å². The van der Waals surface area contributed by atoms with Gasteiger partial charge in [-0.05, 0) is 19.2 Å². The van der Waals surface area contributed by atoms with Crippen LogP contribution in [0.1, 0.15) is 13.3 Å². The van der Waals surface area contributed by atoms with Crippen LogP contribution in [-0.4, -0.2) is 62.2 Å². The Kier molecular flexibility index (Phi) is 6.92. The van der Waals surface area contributed by atoms with Gasteiger partial charge in [-0.1, -0.05) is 6.92 Å². The highest BCUT2D eigenvalue weighted by molar-refractivity contribution is 7.98. The molecule has 2 atom stereocenters. The molecule has 1 aliphatic heterocycles. The minimum absolute atomic E-state index is 0.00611. The first kappa shape index (κ1) is 14.8. The third kappa shape index (κ3) is 4.48. The first-order valence-electron chi connectivity index (χ1n) is 6.25. The normalized spacial score (nSPS) is 23.9. The zero-order valence-electron chi connectivity index (χ0n) is 11.1. The lowest BCUT2D eigenvalue weighted by atomic mass is 10.0. The standard InChI is InChI=1S/C12H24N2O2S/c1-4-5-13-11-9-16-8-10(11)12(15)14(2)6-7-17-3/h10-11,13H,4-9H2,1-3H3. The van der Waals surface area contributed by atoms with Gasteiger partial charge in [-0.15, -0.1) is 0 Å². The second-order valence-corrected chi connectivity index (χ2v) is 5.44. The van der Waals surface area contributed by atoms with Gasteiger partial charge < -0.3 is 15.0 Å². The predicted molar refractivity (Wildman–Crippen MR) is 72.4 cm³/mol. The molecular weight excluding hydrogens is 236 g/mol. The van der Waals surface area contributed by atoms with Crippen molar-refractivity contribution in [1.82, 2.24) is 10.2 Å². The Morgan fingerprint density at radius 2 is 2.29 bits per heavy atom. The molecule has 17 heavy (non-hydrogen) atoms. The maximum Gasteiger partial charge on any atom is 0.229 e. The molecule has 0 spiro atoms. The molecule has 0 bridgehead atoms. The largest absolute Gasteiger partial charge is 0.379 e. The third-order valence-electron chi connectivity index (χ3n) is 3.06. The van der Waals surface area contributed by atoms with E-state index in [2.05, 4.69) is 18.5 Å². The number of ether oxygens (including phenoxy) is 1. The molecular formula is C12H24N2O2S. The Bertz CT molecular complexity index is 239. The second kappa shape index (κ2) is 7.95. The summed E-state index contributed by atoms with van der Waals surface area (Å²) in [6.07, 6.45) is 3.14. The van der Waals surface area contributed by atoms with E-state index in [-0.39, 0.29) is 17.9 Å². The number of hydrogen-bond acceptors (Lipinski definition) is 4. The first-order chi connectivity index (χ1) is 8.20. The van der Waals surface area contributed by atoms with Crippen molar-refractivity contribution in [3.63, 3.8) is 0 Å². The molecule has 2 unspecified atom stereocenters. The number of amides is 1. The predicted octanol–water partition coefficient (Wildman–Crippen LogP) is 0.822. The molecule has 1 N–H and O–H groups in total. The van der Waals surface area contributed by atoms with Gasteiger partial charge in [-0.3, -0.25) is 4.79 Å². The van der Waals surface area contributed by atoms with Gasteiger partial charge in [0, 0.05) is 25.4 Å². The van der Waals surface area contributed by atoms with Crippen molar-refractivity contribution in [3.8, 4) is 0 Å². The fourth-order valence-corrected chi connectivity index (χ4v) is 2.41. The highest BCUT2D eigenvalue weighted by atomic mass is 32.2. The van der Waals surface area contributed by atoms with E-state index in [9.17, 15) is 4.79 Å². The lowest BCUT2D eigenvalue weighted by Crippen LogP contribution is -2.45. The van der Waals surface area contributed by atoms with Crippen molar-refractivity contribution in [1.29, 1.82) is 0 Å². The van der Waals surface area contributed by atoms with Crippen molar-refractivity contribution in [2.45, 2.75) is 19.4 Å². The topological polar surface area (TPSA) is 41.6 Å². The molecule has 0 aromatic rings. The minimum Gasteiger partial charge on any atom is -0.379 e. The molecule has 4 nitrogen and oxygen atoms in total. The molecule has 1 aliphatic rings. The van der Waals surface area contributed by atoms with Crippen LogP contribution < -0.4 is 5.32 Å². The van der Waals surface area contributed by atoms with E-state index in [4.69, 9.17) is 4.74 Å². The molecule has 100 valence electrons. The first-order valence-corrected chi connectivity index (χ1v) is 7.65. The third-order valence-corrected chi connectivity index (χ3v) is 3.65. The van der Waals surface area contributed by atoms with Crippen LogP contribution in [0.25, 0.3) is 0 Å². The smallest absolute Gasteiger partial charge is 0.229 e. The van der Waals surface area contributed by atoms with Crippen molar-refractivity contribution in [3.05, 3.63) is 0 Å². The van der Waals surface area contributed by atoms with E-state index in [1.54, 1.807) is 11.8 Å². The van der Waals surface area contributed by atoms with Crippen molar-refractivity contribution >= 4 is 17.7 Å². The van der Waals surface area contributed by atoms with Crippen LogP contribution in [0.5, 0.6) is 0 Å². The van der Waals surface area contributed by atoms with Crippen LogP contribution in [0.15, 0.2) is 0 Å². The Balaban J connectivity index is 2.43. The Morgan fingerprint density at radius 3 is 2.94 bits per heavy atom. The fourth-order valence-electron chi connectivity index (χ4n) is 1.95. The molecule has 0 saturated carbocycles. The highest BCUT2D eigenvalue weighted by Gasteiger charge is 2.34.